The van der Waals surface area contributed by atoms with Crippen LogP contribution in [0.15, 0.2) is 30.3 Å². The van der Waals surface area contributed by atoms with Gasteiger partial charge in [-0.1, -0.05) is 24.3 Å². The second-order valence-corrected chi connectivity index (χ2v) is 4.04. The van der Waals surface area contributed by atoms with Crippen molar-refractivity contribution in [2.75, 3.05) is 13.1 Å². The van der Waals surface area contributed by atoms with Crippen LogP contribution >= 0.6 is 12.4 Å². The summed E-state index contributed by atoms with van der Waals surface area (Å²) in [6, 6.07) is 6.94. The van der Waals surface area contributed by atoms with Gasteiger partial charge in [-0.3, -0.25) is 0 Å². The van der Waals surface area contributed by atoms with Gasteiger partial charge in [0.05, 0.1) is 5.56 Å². The van der Waals surface area contributed by atoms with Gasteiger partial charge in [0.2, 0.25) is 0 Å². The van der Waals surface area contributed by atoms with Crippen LogP contribution in [-0.4, -0.2) is 24.2 Å². The molecule has 1 saturated heterocycles. The standard InChI is InChI=1S/C13H15NO2.ClH/c15-13(16)12-5-3-10(4-6-12)1-2-11-7-8-14-9-11;/h1-6,11,14H,7-9H2,(H,15,16);1H/b2-1+;. The molecule has 0 aromatic heterocycles. The third-order valence-electron chi connectivity index (χ3n) is 2.82. The molecule has 1 aliphatic heterocycles. The van der Waals surface area contributed by atoms with Crippen molar-refractivity contribution in [1.29, 1.82) is 0 Å². The molecule has 1 unspecified atom stereocenters. The van der Waals surface area contributed by atoms with Crippen molar-refractivity contribution in [1.82, 2.24) is 5.32 Å². The summed E-state index contributed by atoms with van der Waals surface area (Å²) in [6.07, 6.45) is 5.43. The monoisotopic (exact) mass is 253 g/mol. The number of carbonyl (C=O) groups is 1. The van der Waals surface area contributed by atoms with Crippen LogP contribution in [0.25, 0.3) is 6.08 Å². The Bertz CT molecular complexity index is 394. The molecular formula is C13H16ClNO2. The van der Waals surface area contributed by atoms with Crippen LogP contribution in [0, 0.1) is 5.92 Å². The van der Waals surface area contributed by atoms with Crippen molar-refractivity contribution in [3.63, 3.8) is 0 Å². The van der Waals surface area contributed by atoms with E-state index in [4.69, 9.17) is 5.11 Å². The molecule has 2 rings (SSSR count). The lowest BCUT2D eigenvalue weighted by Crippen LogP contribution is -2.07. The predicted molar refractivity (Wildman–Crippen MR) is 70.7 cm³/mol. The average molecular weight is 254 g/mol. The summed E-state index contributed by atoms with van der Waals surface area (Å²) >= 11 is 0. The van der Waals surface area contributed by atoms with Gasteiger partial charge >= 0.3 is 5.97 Å². The van der Waals surface area contributed by atoms with Crippen molar-refractivity contribution in [3.8, 4) is 0 Å². The highest BCUT2D eigenvalue weighted by Gasteiger charge is 2.10. The third kappa shape index (κ3) is 3.88. The predicted octanol–water partition coefficient (Wildman–Crippen LogP) is 2.43. The minimum atomic E-state index is -0.879. The molecule has 1 aliphatic rings. The van der Waals surface area contributed by atoms with E-state index in [2.05, 4.69) is 17.5 Å². The smallest absolute Gasteiger partial charge is 0.335 e. The number of hydrogen-bond acceptors (Lipinski definition) is 2. The van der Waals surface area contributed by atoms with Gasteiger partial charge in [-0.25, -0.2) is 4.79 Å². The fourth-order valence-electron chi connectivity index (χ4n) is 1.83. The fraction of sp³-hybridized carbons (Fsp3) is 0.308. The van der Waals surface area contributed by atoms with Crippen LogP contribution in [0.5, 0.6) is 0 Å². The van der Waals surface area contributed by atoms with Gasteiger partial charge in [0.15, 0.2) is 0 Å². The molecule has 1 aromatic rings. The maximum atomic E-state index is 10.7. The Morgan fingerprint density at radius 2 is 2.06 bits per heavy atom. The largest absolute Gasteiger partial charge is 0.478 e. The quantitative estimate of drug-likeness (QED) is 0.870. The zero-order valence-electron chi connectivity index (χ0n) is 9.43. The molecule has 2 N–H and O–H groups in total. The molecule has 0 spiro atoms. The lowest BCUT2D eigenvalue weighted by molar-refractivity contribution is 0.0697. The molecule has 0 amide bonds. The van der Waals surface area contributed by atoms with Gasteiger partial charge in [0.1, 0.15) is 0 Å². The minimum Gasteiger partial charge on any atom is -0.478 e. The first-order valence-electron chi connectivity index (χ1n) is 5.48. The van der Waals surface area contributed by atoms with E-state index < -0.39 is 5.97 Å². The molecule has 4 heteroatoms. The third-order valence-corrected chi connectivity index (χ3v) is 2.82. The lowest BCUT2D eigenvalue weighted by Gasteiger charge is -2.00. The molecular weight excluding hydrogens is 238 g/mol. The summed E-state index contributed by atoms with van der Waals surface area (Å²) in [6.45, 7) is 2.14. The van der Waals surface area contributed by atoms with Crippen LogP contribution in [-0.2, 0) is 0 Å². The first-order valence-corrected chi connectivity index (χ1v) is 5.48. The lowest BCUT2D eigenvalue weighted by atomic mass is 10.1. The Morgan fingerprint density at radius 3 is 2.59 bits per heavy atom. The van der Waals surface area contributed by atoms with Crippen LogP contribution in [0.4, 0.5) is 0 Å². The van der Waals surface area contributed by atoms with E-state index in [0.29, 0.717) is 11.5 Å². The molecule has 1 heterocycles. The maximum Gasteiger partial charge on any atom is 0.335 e. The van der Waals surface area contributed by atoms with Crippen LogP contribution < -0.4 is 5.32 Å². The highest BCUT2D eigenvalue weighted by molar-refractivity contribution is 5.87. The van der Waals surface area contributed by atoms with Crippen molar-refractivity contribution >= 4 is 24.5 Å². The van der Waals surface area contributed by atoms with Gasteiger partial charge < -0.3 is 10.4 Å². The Balaban J connectivity index is 0.00000144. The first kappa shape index (κ1) is 13.7. The molecule has 3 nitrogen and oxygen atoms in total. The summed E-state index contributed by atoms with van der Waals surface area (Å²) in [7, 11) is 0. The Labute approximate surface area is 107 Å². The molecule has 0 saturated carbocycles. The molecule has 0 aliphatic carbocycles. The highest BCUT2D eigenvalue weighted by Crippen LogP contribution is 2.12. The second-order valence-electron chi connectivity index (χ2n) is 4.04. The van der Waals surface area contributed by atoms with Gasteiger partial charge in [-0.2, -0.15) is 0 Å². The molecule has 1 aromatic carbocycles. The number of carboxylic acid groups (broad SMARTS) is 1. The highest BCUT2D eigenvalue weighted by atomic mass is 35.5. The second kappa shape index (κ2) is 6.42. The Kier molecular flexibility index (Phi) is 5.19. The molecule has 1 fully saturated rings. The fourth-order valence-corrected chi connectivity index (χ4v) is 1.83. The average Bonchev–Trinajstić information content (AvgIpc) is 2.80. The maximum absolute atomic E-state index is 10.7. The zero-order chi connectivity index (χ0) is 11.4. The number of benzene rings is 1. The summed E-state index contributed by atoms with van der Waals surface area (Å²) in [5.74, 6) is -0.269. The van der Waals surface area contributed by atoms with Crippen molar-refractivity contribution < 1.29 is 9.90 Å². The van der Waals surface area contributed by atoms with Crippen LogP contribution in [0.3, 0.4) is 0 Å². The van der Waals surface area contributed by atoms with Gasteiger partial charge in [0, 0.05) is 6.54 Å². The SMILES string of the molecule is Cl.O=C(O)c1ccc(/C=C/C2CCNC2)cc1. The summed E-state index contributed by atoms with van der Waals surface area (Å²) in [4.78, 5) is 10.7. The van der Waals surface area contributed by atoms with Crippen molar-refractivity contribution in [2.24, 2.45) is 5.92 Å². The van der Waals surface area contributed by atoms with E-state index in [9.17, 15) is 4.79 Å². The Hall–Kier alpha value is -1.32. The Morgan fingerprint density at radius 1 is 1.35 bits per heavy atom. The van der Waals surface area contributed by atoms with E-state index in [-0.39, 0.29) is 12.4 Å². The molecule has 0 bridgehead atoms. The van der Waals surface area contributed by atoms with E-state index in [1.54, 1.807) is 12.1 Å². The summed E-state index contributed by atoms with van der Waals surface area (Å²) in [5, 5.41) is 12.1. The first-order chi connectivity index (χ1) is 7.75. The molecule has 17 heavy (non-hydrogen) atoms. The van der Waals surface area contributed by atoms with Gasteiger partial charge in [-0.05, 0) is 36.6 Å². The minimum absolute atomic E-state index is 0. The number of nitrogens with one attached hydrogen (secondary N) is 1. The number of halogens is 1. The van der Waals surface area contributed by atoms with Crippen LogP contribution in [0.1, 0.15) is 22.3 Å². The van der Waals surface area contributed by atoms with E-state index in [1.165, 1.54) is 6.42 Å². The number of rotatable bonds is 3. The van der Waals surface area contributed by atoms with Gasteiger partial charge in [-0.15, -0.1) is 12.4 Å². The topological polar surface area (TPSA) is 49.3 Å². The molecule has 1 atom stereocenters. The molecule has 92 valence electrons. The number of hydrogen-bond donors (Lipinski definition) is 2. The summed E-state index contributed by atoms with van der Waals surface area (Å²) < 4.78 is 0. The van der Waals surface area contributed by atoms with Gasteiger partial charge in [0.25, 0.3) is 0 Å². The zero-order valence-corrected chi connectivity index (χ0v) is 10.2. The van der Waals surface area contributed by atoms with Crippen molar-refractivity contribution in [3.05, 3.63) is 41.5 Å². The van der Waals surface area contributed by atoms with E-state index in [1.807, 2.05) is 12.1 Å². The van der Waals surface area contributed by atoms with E-state index >= 15 is 0 Å². The molecule has 0 radical (unpaired) electrons. The van der Waals surface area contributed by atoms with Crippen LogP contribution in [0.2, 0.25) is 0 Å². The normalized spacial score (nSPS) is 19.2. The van der Waals surface area contributed by atoms with E-state index in [0.717, 1.165) is 18.7 Å². The summed E-state index contributed by atoms with van der Waals surface area (Å²) in [5.41, 5.74) is 1.39. The van der Waals surface area contributed by atoms with Crippen molar-refractivity contribution in [2.45, 2.75) is 6.42 Å². The number of carboxylic acids is 1. The number of aromatic carboxylic acids is 1.